The van der Waals surface area contributed by atoms with E-state index in [2.05, 4.69) is 31.1 Å². The molecule has 0 spiro atoms. The van der Waals surface area contributed by atoms with Crippen LogP contribution in [0.1, 0.15) is 6.42 Å². The topological polar surface area (TPSA) is 79.0 Å². The Hall–Kier alpha value is -1.67. The van der Waals surface area contributed by atoms with Crippen molar-refractivity contribution in [2.24, 2.45) is 0 Å². The van der Waals surface area contributed by atoms with Gasteiger partial charge in [0.2, 0.25) is 11.8 Å². The van der Waals surface area contributed by atoms with Gasteiger partial charge in [-0.25, -0.2) is 9.88 Å². The molecular weight excluding hydrogens is 344 g/mol. The molecular formula is C12H9BrN4O2S. The molecule has 1 aliphatic rings. The van der Waals surface area contributed by atoms with E-state index in [4.69, 9.17) is 0 Å². The molecule has 2 amide bonds. The van der Waals surface area contributed by atoms with Crippen LogP contribution in [0.2, 0.25) is 0 Å². The van der Waals surface area contributed by atoms with E-state index in [0.717, 1.165) is 4.47 Å². The van der Waals surface area contributed by atoms with Crippen molar-refractivity contribution >= 4 is 45.2 Å². The number of carbonyl (C=O) groups excluding carboxylic acids is 2. The number of anilines is 1. The Morgan fingerprint density at radius 3 is 2.70 bits per heavy atom. The minimum atomic E-state index is -0.459. The maximum atomic E-state index is 12.3. The van der Waals surface area contributed by atoms with Gasteiger partial charge in [-0.15, -0.1) is 0 Å². The van der Waals surface area contributed by atoms with E-state index >= 15 is 0 Å². The highest BCUT2D eigenvalue weighted by atomic mass is 79.9. The van der Waals surface area contributed by atoms with Crippen LogP contribution in [0.5, 0.6) is 0 Å². The Morgan fingerprint density at radius 2 is 2.05 bits per heavy atom. The van der Waals surface area contributed by atoms with Gasteiger partial charge in [0.05, 0.1) is 5.69 Å². The average Bonchev–Trinajstić information content (AvgIpc) is 3.02. The molecule has 1 saturated heterocycles. The molecule has 1 aromatic heterocycles. The van der Waals surface area contributed by atoms with Gasteiger partial charge in [0, 0.05) is 10.9 Å². The predicted molar refractivity (Wildman–Crippen MR) is 77.3 cm³/mol. The van der Waals surface area contributed by atoms with Crippen molar-refractivity contribution in [3.63, 3.8) is 0 Å². The third-order valence-electron chi connectivity index (χ3n) is 2.84. The molecule has 2 heterocycles. The van der Waals surface area contributed by atoms with Crippen LogP contribution in [0.25, 0.3) is 0 Å². The number of amides is 2. The van der Waals surface area contributed by atoms with Crippen molar-refractivity contribution < 1.29 is 9.59 Å². The first kappa shape index (κ1) is 13.3. The van der Waals surface area contributed by atoms with Gasteiger partial charge >= 0.3 is 0 Å². The van der Waals surface area contributed by atoms with Gasteiger partial charge in [0.25, 0.3) is 0 Å². The number of H-pyrrole nitrogens is 1. The first-order chi connectivity index (χ1) is 9.65. The lowest BCUT2D eigenvalue weighted by Crippen LogP contribution is -2.31. The van der Waals surface area contributed by atoms with Crippen LogP contribution in [0, 0.1) is 0 Å². The molecule has 6 nitrogen and oxygen atoms in total. The molecule has 20 heavy (non-hydrogen) atoms. The lowest BCUT2D eigenvalue weighted by molar-refractivity contribution is -0.121. The van der Waals surface area contributed by atoms with Crippen molar-refractivity contribution in [2.45, 2.75) is 16.8 Å². The molecule has 1 atom stereocenters. The molecule has 0 saturated carbocycles. The van der Waals surface area contributed by atoms with Crippen LogP contribution in [-0.4, -0.2) is 32.2 Å². The van der Waals surface area contributed by atoms with Crippen molar-refractivity contribution in [1.29, 1.82) is 0 Å². The van der Waals surface area contributed by atoms with Crippen LogP contribution >= 0.6 is 27.7 Å². The standard InChI is InChI=1S/C12H9BrN4O2S/c13-7-1-3-8(4-2-7)17-10(18)5-9(11(17)19)20-12-14-6-15-16-12/h1-4,6,9H,5H2,(H,14,15,16)/t9-/m0/s1. The molecule has 102 valence electrons. The summed E-state index contributed by atoms with van der Waals surface area (Å²) in [6, 6.07) is 7.07. The third kappa shape index (κ3) is 2.48. The van der Waals surface area contributed by atoms with Gasteiger partial charge < -0.3 is 0 Å². The molecule has 2 aromatic rings. The number of aromatic nitrogens is 3. The lowest BCUT2D eigenvalue weighted by Gasteiger charge is -2.14. The number of thioether (sulfide) groups is 1. The van der Waals surface area contributed by atoms with E-state index in [1.165, 1.54) is 23.0 Å². The molecule has 8 heteroatoms. The highest BCUT2D eigenvalue weighted by molar-refractivity contribution is 9.10. The summed E-state index contributed by atoms with van der Waals surface area (Å²) in [6.07, 6.45) is 1.54. The molecule has 1 fully saturated rings. The number of benzene rings is 1. The maximum absolute atomic E-state index is 12.3. The first-order valence-corrected chi connectivity index (χ1v) is 7.47. The second-order valence-electron chi connectivity index (χ2n) is 4.15. The summed E-state index contributed by atoms with van der Waals surface area (Å²) in [4.78, 5) is 29.6. The zero-order valence-corrected chi connectivity index (χ0v) is 12.5. The largest absolute Gasteiger partial charge is 0.274 e. The van der Waals surface area contributed by atoms with E-state index in [1.54, 1.807) is 24.3 Å². The smallest absolute Gasteiger partial charge is 0.247 e. The van der Waals surface area contributed by atoms with Crippen LogP contribution in [-0.2, 0) is 9.59 Å². The number of imide groups is 1. The van der Waals surface area contributed by atoms with Gasteiger partial charge in [-0.2, -0.15) is 5.10 Å². The van der Waals surface area contributed by atoms with Crippen LogP contribution in [0.3, 0.4) is 0 Å². The van der Waals surface area contributed by atoms with Crippen LogP contribution in [0.15, 0.2) is 40.2 Å². The molecule has 1 N–H and O–H groups in total. The summed E-state index contributed by atoms with van der Waals surface area (Å²) in [5.41, 5.74) is 0.587. The highest BCUT2D eigenvalue weighted by Gasteiger charge is 2.40. The van der Waals surface area contributed by atoms with Gasteiger partial charge in [0.15, 0.2) is 5.16 Å². The molecule has 0 radical (unpaired) electrons. The number of nitrogens with zero attached hydrogens (tertiary/aromatic N) is 3. The van der Waals surface area contributed by atoms with Crippen molar-refractivity contribution in [3.8, 4) is 0 Å². The zero-order valence-electron chi connectivity index (χ0n) is 10.1. The number of carbonyl (C=O) groups is 2. The molecule has 0 bridgehead atoms. The first-order valence-electron chi connectivity index (χ1n) is 5.79. The Bertz CT molecular complexity index is 644. The van der Waals surface area contributed by atoms with E-state index < -0.39 is 5.25 Å². The molecule has 1 aromatic carbocycles. The monoisotopic (exact) mass is 352 g/mol. The van der Waals surface area contributed by atoms with Gasteiger partial charge in [-0.3, -0.25) is 14.7 Å². The maximum Gasteiger partial charge on any atom is 0.247 e. The Balaban J connectivity index is 1.81. The number of halogens is 1. The van der Waals surface area contributed by atoms with Crippen molar-refractivity contribution in [1.82, 2.24) is 15.2 Å². The van der Waals surface area contributed by atoms with Crippen molar-refractivity contribution in [3.05, 3.63) is 35.1 Å². The average molecular weight is 353 g/mol. The number of rotatable bonds is 3. The minimum Gasteiger partial charge on any atom is -0.274 e. The van der Waals surface area contributed by atoms with Gasteiger partial charge in [-0.1, -0.05) is 27.7 Å². The third-order valence-corrected chi connectivity index (χ3v) is 4.44. The number of aromatic amines is 1. The Morgan fingerprint density at radius 1 is 1.30 bits per heavy atom. The summed E-state index contributed by atoms with van der Waals surface area (Å²) < 4.78 is 0.896. The SMILES string of the molecule is O=C1C[C@H](Sc2ncn[nH]2)C(=O)N1c1ccc(Br)cc1. The van der Waals surface area contributed by atoms with E-state index in [-0.39, 0.29) is 18.2 Å². The quantitative estimate of drug-likeness (QED) is 0.854. The molecule has 3 rings (SSSR count). The Labute approximate surface area is 127 Å². The number of hydrogen-bond donors (Lipinski definition) is 1. The summed E-state index contributed by atoms with van der Waals surface area (Å²) in [5.74, 6) is -0.423. The zero-order chi connectivity index (χ0) is 14.1. The summed E-state index contributed by atoms with van der Waals surface area (Å²) in [5, 5.41) is 6.48. The number of hydrogen-bond acceptors (Lipinski definition) is 5. The predicted octanol–water partition coefficient (Wildman–Crippen LogP) is 1.99. The van der Waals surface area contributed by atoms with Gasteiger partial charge in [0.1, 0.15) is 11.6 Å². The lowest BCUT2D eigenvalue weighted by atomic mass is 10.3. The molecule has 1 aliphatic heterocycles. The highest BCUT2D eigenvalue weighted by Crippen LogP contribution is 2.32. The number of nitrogens with one attached hydrogen (secondary N) is 1. The summed E-state index contributed by atoms with van der Waals surface area (Å²) in [7, 11) is 0. The molecule has 0 unspecified atom stereocenters. The minimum absolute atomic E-state index is 0.167. The fourth-order valence-electron chi connectivity index (χ4n) is 1.94. The van der Waals surface area contributed by atoms with Gasteiger partial charge in [-0.05, 0) is 24.3 Å². The summed E-state index contributed by atoms with van der Waals surface area (Å²) in [6.45, 7) is 0. The van der Waals surface area contributed by atoms with Crippen LogP contribution in [0.4, 0.5) is 5.69 Å². The van der Waals surface area contributed by atoms with E-state index in [0.29, 0.717) is 10.8 Å². The van der Waals surface area contributed by atoms with Crippen molar-refractivity contribution in [2.75, 3.05) is 4.90 Å². The normalized spacial score (nSPS) is 18.9. The second-order valence-corrected chi connectivity index (χ2v) is 6.25. The molecule has 0 aliphatic carbocycles. The van der Waals surface area contributed by atoms with Crippen LogP contribution < -0.4 is 4.90 Å². The second kappa shape index (κ2) is 5.37. The van der Waals surface area contributed by atoms with E-state index in [9.17, 15) is 9.59 Å². The fourth-order valence-corrected chi connectivity index (χ4v) is 3.12. The Kier molecular flexibility index (Phi) is 3.58. The fraction of sp³-hybridized carbons (Fsp3) is 0.167. The summed E-state index contributed by atoms with van der Waals surface area (Å²) >= 11 is 4.54. The van der Waals surface area contributed by atoms with E-state index in [1.807, 2.05) is 0 Å².